The molecule has 0 bridgehead atoms. The molecule has 1 amide bonds. The highest BCUT2D eigenvalue weighted by Crippen LogP contribution is 2.22. The van der Waals surface area contributed by atoms with Crippen LogP contribution in [-0.2, 0) is 4.79 Å². The van der Waals surface area contributed by atoms with Crippen LogP contribution in [0, 0.1) is 5.92 Å². The molecule has 3 rings (SSSR count). The number of carbonyl (C=O) groups is 1. The minimum absolute atomic E-state index is 0.00465. The smallest absolute Gasteiger partial charge is 0.227 e. The lowest BCUT2D eigenvalue weighted by Crippen LogP contribution is -2.38. The van der Waals surface area contributed by atoms with Crippen LogP contribution >= 0.6 is 0 Å². The molecule has 0 radical (unpaired) electrons. The predicted octanol–water partition coefficient (Wildman–Crippen LogP) is 1.74. The van der Waals surface area contributed by atoms with Crippen LogP contribution in [0.15, 0.2) is 36.7 Å². The second-order valence-corrected chi connectivity index (χ2v) is 5.42. The van der Waals surface area contributed by atoms with Gasteiger partial charge in [-0.25, -0.2) is 4.98 Å². The first-order valence-corrected chi connectivity index (χ1v) is 7.60. The van der Waals surface area contributed by atoms with Gasteiger partial charge >= 0.3 is 0 Å². The lowest BCUT2D eigenvalue weighted by molar-refractivity contribution is -0.120. The summed E-state index contributed by atoms with van der Waals surface area (Å²) in [6.07, 6.45) is 4.86. The molecule has 2 aromatic rings. The Kier molecular flexibility index (Phi) is 4.65. The van der Waals surface area contributed by atoms with Crippen LogP contribution < -0.4 is 15.0 Å². The average Bonchev–Trinajstić information content (AvgIpc) is 2.63. The Morgan fingerprint density at radius 2 is 2.13 bits per heavy atom. The van der Waals surface area contributed by atoms with E-state index in [2.05, 4.69) is 25.4 Å². The van der Waals surface area contributed by atoms with Crippen molar-refractivity contribution in [1.82, 2.24) is 15.2 Å². The van der Waals surface area contributed by atoms with Crippen molar-refractivity contribution in [3.05, 3.63) is 36.7 Å². The van der Waals surface area contributed by atoms with E-state index in [9.17, 15) is 4.79 Å². The van der Waals surface area contributed by atoms with Gasteiger partial charge < -0.3 is 15.0 Å². The van der Waals surface area contributed by atoms with Crippen LogP contribution in [0.25, 0.3) is 0 Å². The first-order chi connectivity index (χ1) is 11.3. The van der Waals surface area contributed by atoms with Gasteiger partial charge in [0.1, 0.15) is 0 Å². The van der Waals surface area contributed by atoms with Crippen molar-refractivity contribution in [1.29, 1.82) is 0 Å². The second-order valence-electron chi connectivity index (χ2n) is 5.42. The quantitative estimate of drug-likeness (QED) is 0.926. The van der Waals surface area contributed by atoms with Gasteiger partial charge in [0.25, 0.3) is 0 Å². The fourth-order valence-corrected chi connectivity index (χ4v) is 2.65. The van der Waals surface area contributed by atoms with E-state index < -0.39 is 0 Å². The Morgan fingerprint density at radius 1 is 1.30 bits per heavy atom. The number of nitrogens with one attached hydrogen (secondary N) is 1. The molecule has 3 heterocycles. The van der Waals surface area contributed by atoms with Crippen molar-refractivity contribution in [3.8, 4) is 5.88 Å². The normalized spacial score (nSPS) is 15.3. The number of methoxy groups -OCH3 is 1. The van der Waals surface area contributed by atoms with E-state index >= 15 is 0 Å². The van der Waals surface area contributed by atoms with Crippen LogP contribution in [-0.4, -0.2) is 41.3 Å². The van der Waals surface area contributed by atoms with Gasteiger partial charge in [0, 0.05) is 31.3 Å². The summed E-state index contributed by atoms with van der Waals surface area (Å²) in [6, 6.07) is 7.33. The molecule has 7 nitrogen and oxygen atoms in total. The molecule has 7 heteroatoms. The molecule has 2 aromatic heterocycles. The van der Waals surface area contributed by atoms with Gasteiger partial charge in [-0.1, -0.05) is 0 Å². The van der Waals surface area contributed by atoms with E-state index in [0.717, 1.165) is 31.7 Å². The first kappa shape index (κ1) is 15.2. The number of hydrogen-bond acceptors (Lipinski definition) is 6. The average molecular weight is 313 g/mol. The topological polar surface area (TPSA) is 80.2 Å². The van der Waals surface area contributed by atoms with Gasteiger partial charge in [-0.05, 0) is 31.0 Å². The van der Waals surface area contributed by atoms with Gasteiger partial charge in [-0.3, -0.25) is 4.79 Å². The van der Waals surface area contributed by atoms with Crippen molar-refractivity contribution in [2.24, 2.45) is 5.92 Å². The number of ether oxygens (including phenoxy) is 1. The molecule has 1 aliphatic rings. The van der Waals surface area contributed by atoms with Crippen molar-refractivity contribution in [3.63, 3.8) is 0 Å². The number of amides is 1. The maximum atomic E-state index is 12.3. The largest absolute Gasteiger partial charge is 0.481 e. The zero-order valence-corrected chi connectivity index (χ0v) is 13.0. The highest BCUT2D eigenvalue weighted by atomic mass is 16.5. The highest BCUT2D eigenvalue weighted by molar-refractivity contribution is 5.92. The standard InChI is InChI=1S/C16H19N5O2/c1-23-15-5-4-13(11-17-15)19-16(22)12-6-9-21(10-7-12)14-3-2-8-18-20-14/h2-5,8,11-12H,6-7,9-10H2,1H3,(H,19,22). The highest BCUT2D eigenvalue weighted by Gasteiger charge is 2.25. The third kappa shape index (κ3) is 3.74. The fraction of sp³-hybridized carbons (Fsp3) is 0.375. The zero-order chi connectivity index (χ0) is 16.1. The summed E-state index contributed by atoms with van der Waals surface area (Å²) in [5.41, 5.74) is 0.687. The number of hydrogen-bond donors (Lipinski definition) is 1. The zero-order valence-electron chi connectivity index (χ0n) is 13.0. The minimum atomic E-state index is 0.00465. The van der Waals surface area contributed by atoms with E-state index in [4.69, 9.17) is 4.74 Å². The van der Waals surface area contributed by atoms with Crippen LogP contribution in [0.4, 0.5) is 11.5 Å². The van der Waals surface area contributed by atoms with Crippen molar-refractivity contribution < 1.29 is 9.53 Å². The van der Waals surface area contributed by atoms with Crippen molar-refractivity contribution in [2.45, 2.75) is 12.8 Å². The summed E-state index contributed by atoms with van der Waals surface area (Å²) in [4.78, 5) is 18.6. The van der Waals surface area contributed by atoms with E-state index in [1.165, 1.54) is 0 Å². The number of carbonyl (C=O) groups excluding carboxylic acids is 1. The van der Waals surface area contributed by atoms with Crippen molar-refractivity contribution in [2.75, 3.05) is 30.4 Å². The van der Waals surface area contributed by atoms with E-state index in [1.807, 2.05) is 12.1 Å². The Balaban J connectivity index is 1.53. The fourth-order valence-electron chi connectivity index (χ4n) is 2.65. The number of rotatable bonds is 4. The Morgan fingerprint density at radius 3 is 2.74 bits per heavy atom. The molecule has 0 aliphatic carbocycles. The number of anilines is 2. The summed E-state index contributed by atoms with van der Waals surface area (Å²) >= 11 is 0. The number of pyridine rings is 1. The lowest BCUT2D eigenvalue weighted by atomic mass is 9.96. The van der Waals surface area contributed by atoms with Gasteiger partial charge in [0.05, 0.1) is 19.0 Å². The molecule has 1 aliphatic heterocycles. The molecule has 23 heavy (non-hydrogen) atoms. The molecule has 1 fully saturated rings. The van der Waals surface area contributed by atoms with Crippen LogP contribution in [0.2, 0.25) is 0 Å². The minimum Gasteiger partial charge on any atom is -0.481 e. The van der Waals surface area contributed by atoms with Crippen LogP contribution in [0.5, 0.6) is 5.88 Å². The summed E-state index contributed by atoms with van der Waals surface area (Å²) in [6.45, 7) is 1.61. The molecule has 0 saturated carbocycles. The van der Waals surface area contributed by atoms with E-state index in [0.29, 0.717) is 11.6 Å². The molecule has 1 saturated heterocycles. The molecular formula is C16H19N5O2. The Bertz CT molecular complexity index is 639. The third-order valence-corrected chi connectivity index (χ3v) is 3.96. The molecule has 0 spiro atoms. The SMILES string of the molecule is COc1ccc(NC(=O)C2CCN(c3cccnn3)CC2)cn1. The molecule has 1 N–H and O–H groups in total. The van der Waals surface area contributed by atoms with E-state index in [-0.39, 0.29) is 11.8 Å². The van der Waals surface area contributed by atoms with Gasteiger partial charge in [0.15, 0.2) is 5.82 Å². The van der Waals surface area contributed by atoms with Crippen LogP contribution in [0.3, 0.4) is 0 Å². The maximum Gasteiger partial charge on any atom is 0.227 e. The molecule has 0 atom stereocenters. The summed E-state index contributed by atoms with van der Waals surface area (Å²) in [7, 11) is 1.56. The number of nitrogens with zero attached hydrogens (tertiary/aromatic N) is 4. The Hall–Kier alpha value is -2.70. The molecule has 0 aromatic carbocycles. The molecule has 120 valence electrons. The van der Waals surface area contributed by atoms with Gasteiger partial charge in [-0.2, -0.15) is 5.10 Å². The summed E-state index contributed by atoms with van der Waals surface area (Å²) in [5.74, 6) is 1.44. The number of aromatic nitrogens is 3. The van der Waals surface area contributed by atoms with E-state index in [1.54, 1.807) is 31.6 Å². The monoisotopic (exact) mass is 313 g/mol. The second kappa shape index (κ2) is 7.04. The molecule has 0 unspecified atom stereocenters. The first-order valence-electron chi connectivity index (χ1n) is 7.60. The molecular weight excluding hydrogens is 294 g/mol. The Labute approximate surface area is 134 Å². The van der Waals surface area contributed by atoms with Crippen LogP contribution in [0.1, 0.15) is 12.8 Å². The number of piperidine rings is 1. The van der Waals surface area contributed by atoms with Crippen molar-refractivity contribution >= 4 is 17.4 Å². The maximum absolute atomic E-state index is 12.3. The third-order valence-electron chi connectivity index (χ3n) is 3.96. The summed E-state index contributed by atoms with van der Waals surface area (Å²) < 4.78 is 5.00. The predicted molar refractivity (Wildman–Crippen MR) is 86.4 cm³/mol. The van der Waals surface area contributed by atoms with Gasteiger partial charge in [0.2, 0.25) is 11.8 Å². The summed E-state index contributed by atoms with van der Waals surface area (Å²) in [5, 5.41) is 10.9. The van der Waals surface area contributed by atoms with Gasteiger partial charge in [-0.15, -0.1) is 5.10 Å². The lowest BCUT2D eigenvalue weighted by Gasteiger charge is -2.31.